The minimum absolute atomic E-state index is 0.00356. The lowest BCUT2D eigenvalue weighted by Crippen LogP contribution is -2.55. The summed E-state index contributed by atoms with van der Waals surface area (Å²) in [7, 11) is 1.57. The van der Waals surface area contributed by atoms with E-state index in [0.29, 0.717) is 42.8 Å². The van der Waals surface area contributed by atoms with Crippen molar-refractivity contribution < 1.29 is 19.1 Å². The van der Waals surface area contributed by atoms with E-state index in [1.165, 1.54) is 0 Å². The average molecular weight is 480 g/mol. The summed E-state index contributed by atoms with van der Waals surface area (Å²) in [5, 5.41) is 6.04. The Morgan fingerprint density at radius 1 is 0.943 bits per heavy atom. The fraction of sp³-hybridized carbons (Fsp3) is 0.464. The van der Waals surface area contributed by atoms with Crippen LogP contribution in [0, 0.1) is 18.8 Å². The molecule has 0 radical (unpaired) electrons. The topological polar surface area (TPSA) is 87.7 Å². The van der Waals surface area contributed by atoms with Crippen LogP contribution in [0.5, 0.6) is 5.75 Å². The van der Waals surface area contributed by atoms with E-state index in [1.807, 2.05) is 56.9 Å². The molecule has 0 saturated carbocycles. The van der Waals surface area contributed by atoms with Gasteiger partial charge < -0.3 is 20.3 Å². The van der Waals surface area contributed by atoms with Crippen molar-refractivity contribution in [3.63, 3.8) is 0 Å². The molecule has 2 aromatic rings. The molecule has 1 saturated heterocycles. The molecule has 188 valence electrons. The fourth-order valence-corrected chi connectivity index (χ4v) is 4.24. The number of hydrogen-bond acceptors (Lipinski definition) is 4. The van der Waals surface area contributed by atoms with Crippen molar-refractivity contribution >= 4 is 17.7 Å². The van der Waals surface area contributed by atoms with Crippen LogP contribution in [0.25, 0.3) is 0 Å². The number of hydrogen-bond donors (Lipinski definition) is 2. The quantitative estimate of drug-likeness (QED) is 0.603. The number of aryl methyl sites for hydroxylation is 1. The highest BCUT2D eigenvalue weighted by Gasteiger charge is 2.35. The van der Waals surface area contributed by atoms with Crippen molar-refractivity contribution in [1.82, 2.24) is 15.5 Å². The number of benzene rings is 2. The van der Waals surface area contributed by atoms with E-state index >= 15 is 0 Å². The van der Waals surface area contributed by atoms with Gasteiger partial charge in [0.05, 0.1) is 7.11 Å². The molecule has 2 atom stereocenters. The number of carbonyl (C=O) groups excluding carboxylic acids is 3. The molecular formula is C28H37N3O4. The normalized spacial score (nSPS) is 15.9. The summed E-state index contributed by atoms with van der Waals surface area (Å²) in [5.74, 6) is 0.375. The molecular weight excluding hydrogens is 442 g/mol. The van der Waals surface area contributed by atoms with Crippen LogP contribution in [0.2, 0.25) is 0 Å². The Kier molecular flexibility index (Phi) is 8.90. The number of nitrogens with zero attached hydrogens (tertiary/aromatic N) is 1. The van der Waals surface area contributed by atoms with Crippen molar-refractivity contribution in [3.8, 4) is 5.75 Å². The lowest BCUT2D eigenvalue weighted by atomic mass is 9.87. The van der Waals surface area contributed by atoms with E-state index in [2.05, 4.69) is 10.6 Å². The second-order valence-electron chi connectivity index (χ2n) is 9.72. The van der Waals surface area contributed by atoms with Crippen LogP contribution in [-0.2, 0) is 4.79 Å². The number of methoxy groups -OCH3 is 1. The van der Waals surface area contributed by atoms with Crippen molar-refractivity contribution in [3.05, 3.63) is 65.2 Å². The van der Waals surface area contributed by atoms with Crippen molar-refractivity contribution in [1.29, 1.82) is 0 Å². The van der Waals surface area contributed by atoms with Crippen LogP contribution in [0.1, 0.15) is 59.9 Å². The third-order valence-corrected chi connectivity index (χ3v) is 6.85. The predicted molar refractivity (Wildman–Crippen MR) is 136 cm³/mol. The first-order chi connectivity index (χ1) is 16.7. The second kappa shape index (κ2) is 11.9. The van der Waals surface area contributed by atoms with Crippen molar-refractivity contribution in [2.75, 3.05) is 20.2 Å². The maximum absolute atomic E-state index is 13.3. The minimum atomic E-state index is -0.679. The van der Waals surface area contributed by atoms with E-state index in [-0.39, 0.29) is 35.6 Å². The van der Waals surface area contributed by atoms with Gasteiger partial charge >= 0.3 is 0 Å². The van der Waals surface area contributed by atoms with Gasteiger partial charge in [0.1, 0.15) is 11.8 Å². The Labute approximate surface area is 208 Å². The summed E-state index contributed by atoms with van der Waals surface area (Å²) in [6, 6.07) is 13.7. The number of carbonyl (C=O) groups is 3. The van der Waals surface area contributed by atoms with Crippen molar-refractivity contribution in [2.45, 2.75) is 52.6 Å². The average Bonchev–Trinajstić information content (AvgIpc) is 2.86. The van der Waals surface area contributed by atoms with Gasteiger partial charge in [-0.1, -0.05) is 31.5 Å². The van der Waals surface area contributed by atoms with Crippen LogP contribution < -0.4 is 15.4 Å². The Bertz CT molecular complexity index is 1030. The largest absolute Gasteiger partial charge is 0.497 e. The lowest BCUT2D eigenvalue weighted by Gasteiger charge is -2.36. The summed E-state index contributed by atoms with van der Waals surface area (Å²) >= 11 is 0. The highest BCUT2D eigenvalue weighted by atomic mass is 16.5. The molecule has 0 aromatic heterocycles. The molecule has 35 heavy (non-hydrogen) atoms. The number of nitrogens with one attached hydrogen (secondary N) is 2. The molecule has 2 N–H and O–H groups in total. The number of likely N-dealkylation sites (tertiary alicyclic amines) is 1. The molecule has 1 aliphatic heterocycles. The van der Waals surface area contributed by atoms with Gasteiger partial charge in [0.25, 0.3) is 11.8 Å². The molecule has 3 amide bonds. The molecule has 1 heterocycles. The van der Waals surface area contributed by atoms with Gasteiger partial charge in [-0.15, -0.1) is 0 Å². The van der Waals surface area contributed by atoms with Gasteiger partial charge in [-0.2, -0.15) is 0 Å². The number of piperidine rings is 1. The Balaban J connectivity index is 1.71. The maximum atomic E-state index is 13.3. The molecule has 0 bridgehead atoms. The molecule has 3 rings (SSSR count). The number of ether oxygens (including phenoxy) is 1. The lowest BCUT2D eigenvalue weighted by molar-refractivity contribution is -0.125. The summed E-state index contributed by atoms with van der Waals surface area (Å²) in [6.07, 6.45) is 1.27. The smallest absolute Gasteiger partial charge is 0.253 e. The van der Waals surface area contributed by atoms with E-state index in [1.54, 1.807) is 31.4 Å². The zero-order valence-corrected chi connectivity index (χ0v) is 21.3. The van der Waals surface area contributed by atoms with Gasteiger partial charge in [-0.25, -0.2) is 0 Å². The molecule has 1 aliphatic rings. The first-order valence-electron chi connectivity index (χ1n) is 12.3. The third-order valence-electron chi connectivity index (χ3n) is 6.85. The number of rotatable bonds is 8. The SMILES string of the molecule is COc1ccc(C(=O)N[C@@H](C(=O)N[C@H](C)C(C)C)C2CCN(C(=O)c3cccc(C)c3)CC2)cc1. The van der Waals surface area contributed by atoms with Gasteiger partial charge in [0.15, 0.2) is 0 Å². The van der Waals surface area contributed by atoms with Gasteiger partial charge in [0.2, 0.25) is 5.91 Å². The molecule has 7 heteroatoms. The first kappa shape index (κ1) is 26.3. The maximum Gasteiger partial charge on any atom is 0.253 e. The van der Waals surface area contributed by atoms with Gasteiger partial charge in [-0.3, -0.25) is 14.4 Å². The summed E-state index contributed by atoms with van der Waals surface area (Å²) in [5.41, 5.74) is 2.19. The highest BCUT2D eigenvalue weighted by Crippen LogP contribution is 2.24. The van der Waals surface area contributed by atoms with Crippen LogP contribution in [-0.4, -0.2) is 54.9 Å². The molecule has 0 spiro atoms. The zero-order chi connectivity index (χ0) is 25.5. The van der Waals surface area contributed by atoms with Crippen LogP contribution in [0.4, 0.5) is 0 Å². The zero-order valence-electron chi connectivity index (χ0n) is 21.3. The molecule has 0 aliphatic carbocycles. The van der Waals surface area contributed by atoms with Crippen LogP contribution >= 0.6 is 0 Å². The van der Waals surface area contributed by atoms with Crippen molar-refractivity contribution in [2.24, 2.45) is 11.8 Å². The van der Waals surface area contributed by atoms with Gasteiger partial charge in [-0.05, 0) is 74.9 Å². The highest BCUT2D eigenvalue weighted by molar-refractivity contribution is 5.98. The molecule has 1 fully saturated rings. The summed E-state index contributed by atoms with van der Waals surface area (Å²) in [4.78, 5) is 41.1. The number of amides is 3. The first-order valence-corrected chi connectivity index (χ1v) is 12.3. The van der Waals surface area contributed by atoms with E-state index in [4.69, 9.17) is 4.74 Å². The molecule has 2 aromatic carbocycles. The second-order valence-corrected chi connectivity index (χ2v) is 9.72. The Morgan fingerprint density at radius 3 is 2.17 bits per heavy atom. The van der Waals surface area contributed by atoms with E-state index in [9.17, 15) is 14.4 Å². The van der Waals surface area contributed by atoms with Gasteiger partial charge in [0, 0.05) is 30.3 Å². The monoisotopic (exact) mass is 479 g/mol. The van der Waals surface area contributed by atoms with Crippen LogP contribution in [0.15, 0.2) is 48.5 Å². The third kappa shape index (κ3) is 6.84. The fourth-order valence-electron chi connectivity index (χ4n) is 4.24. The standard InChI is InChI=1S/C28H37N3O4/c1-18(2)20(4)29-27(33)25(30-26(32)22-9-11-24(35-5)12-10-22)21-13-15-31(16-14-21)28(34)23-8-6-7-19(3)17-23/h6-12,17-18,20-21,25H,13-16H2,1-5H3,(H,29,33)(H,30,32)/t20-,25-/m1/s1. The van der Waals surface area contributed by atoms with Crippen LogP contribution in [0.3, 0.4) is 0 Å². The Morgan fingerprint density at radius 2 is 1.60 bits per heavy atom. The van der Waals surface area contributed by atoms with E-state index < -0.39 is 6.04 Å². The molecule has 0 unspecified atom stereocenters. The summed E-state index contributed by atoms with van der Waals surface area (Å²) in [6.45, 7) is 9.11. The predicted octanol–water partition coefficient (Wildman–Crippen LogP) is 3.82. The Hall–Kier alpha value is -3.35. The summed E-state index contributed by atoms with van der Waals surface area (Å²) < 4.78 is 5.17. The minimum Gasteiger partial charge on any atom is -0.497 e. The molecule has 7 nitrogen and oxygen atoms in total. The van der Waals surface area contributed by atoms with E-state index in [0.717, 1.165) is 5.56 Å².